The van der Waals surface area contributed by atoms with Gasteiger partial charge in [0.1, 0.15) is 5.82 Å². The molecule has 1 aromatic heterocycles. The predicted octanol–water partition coefficient (Wildman–Crippen LogP) is 3.16. The van der Waals surface area contributed by atoms with E-state index in [9.17, 15) is 14.4 Å². The van der Waals surface area contributed by atoms with Crippen LogP contribution in [0.2, 0.25) is 0 Å². The number of amides is 3. The second-order valence-corrected chi connectivity index (χ2v) is 9.79. The van der Waals surface area contributed by atoms with E-state index in [0.717, 1.165) is 29.5 Å². The molecule has 0 aliphatic carbocycles. The smallest absolute Gasteiger partial charge is 0.252 e. The van der Waals surface area contributed by atoms with Gasteiger partial charge in [-0.15, -0.1) is 0 Å². The first-order valence-electron chi connectivity index (χ1n) is 12.5. The number of fused-ring (bicyclic) bond motifs is 2. The van der Waals surface area contributed by atoms with Gasteiger partial charge in [-0.05, 0) is 68.5 Å². The summed E-state index contributed by atoms with van der Waals surface area (Å²) in [5.74, 6) is 0.647. The van der Waals surface area contributed by atoms with E-state index in [-0.39, 0.29) is 29.7 Å². The van der Waals surface area contributed by atoms with Crippen LogP contribution in [0, 0.1) is 5.92 Å². The Labute approximate surface area is 210 Å². The van der Waals surface area contributed by atoms with Crippen molar-refractivity contribution in [3.05, 3.63) is 65.7 Å². The molecule has 3 heterocycles. The molecule has 1 saturated heterocycles. The molecule has 2 aliphatic heterocycles. The monoisotopic (exact) mass is 485 g/mol. The first kappa shape index (κ1) is 23.9. The summed E-state index contributed by atoms with van der Waals surface area (Å²) in [4.78, 5) is 46.3. The first-order valence-corrected chi connectivity index (χ1v) is 12.5. The molecule has 0 saturated carbocycles. The molecule has 3 amide bonds. The van der Waals surface area contributed by atoms with E-state index in [2.05, 4.69) is 5.32 Å². The number of nitrogens with two attached hydrogens (primary N) is 1. The molecule has 36 heavy (non-hydrogen) atoms. The van der Waals surface area contributed by atoms with Crippen molar-refractivity contribution < 1.29 is 14.4 Å². The van der Waals surface area contributed by atoms with Crippen LogP contribution >= 0.6 is 0 Å². The number of para-hydroxylation sites is 1. The molecule has 2 aliphatic rings. The van der Waals surface area contributed by atoms with Gasteiger partial charge >= 0.3 is 0 Å². The minimum Gasteiger partial charge on any atom is -0.349 e. The highest BCUT2D eigenvalue weighted by Gasteiger charge is 2.30. The van der Waals surface area contributed by atoms with Gasteiger partial charge in [0.25, 0.3) is 5.91 Å². The number of anilines is 2. The van der Waals surface area contributed by atoms with Crippen LogP contribution in [0.5, 0.6) is 0 Å². The fourth-order valence-electron chi connectivity index (χ4n) is 5.28. The lowest BCUT2D eigenvalue weighted by Gasteiger charge is -2.35. The number of piperidine rings is 1. The Kier molecular flexibility index (Phi) is 6.45. The fraction of sp³-hybridized carbons (Fsp3) is 0.357. The Hall–Kier alpha value is -3.78. The van der Waals surface area contributed by atoms with Crippen molar-refractivity contribution in [3.63, 3.8) is 0 Å². The number of aromatic nitrogens is 1. The Balaban J connectivity index is 1.31. The number of pyridine rings is 1. The quantitative estimate of drug-likeness (QED) is 0.577. The topological polar surface area (TPSA) is 109 Å². The van der Waals surface area contributed by atoms with Crippen molar-refractivity contribution in [2.24, 2.45) is 11.7 Å². The van der Waals surface area contributed by atoms with E-state index in [1.165, 1.54) is 0 Å². The molecule has 8 nitrogen and oxygen atoms in total. The summed E-state index contributed by atoms with van der Waals surface area (Å²) < 4.78 is 0. The first-order chi connectivity index (χ1) is 17.3. The lowest BCUT2D eigenvalue weighted by molar-refractivity contribution is -0.133. The maximum Gasteiger partial charge on any atom is 0.252 e. The number of benzene rings is 2. The van der Waals surface area contributed by atoms with Crippen molar-refractivity contribution in [2.45, 2.75) is 45.2 Å². The summed E-state index contributed by atoms with van der Waals surface area (Å²) in [5.41, 5.74) is 8.79. The molecule has 3 N–H and O–H groups in total. The number of rotatable bonds is 5. The Bertz CT molecular complexity index is 1330. The second kappa shape index (κ2) is 9.70. The van der Waals surface area contributed by atoms with Crippen LogP contribution in [0.4, 0.5) is 11.5 Å². The van der Waals surface area contributed by atoms with Gasteiger partial charge < -0.3 is 16.0 Å². The van der Waals surface area contributed by atoms with Gasteiger partial charge in [0.15, 0.2) is 0 Å². The molecular formula is C28H31N5O3. The minimum absolute atomic E-state index is 0.0144. The molecule has 0 radical (unpaired) electrons. The summed E-state index contributed by atoms with van der Waals surface area (Å²) in [7, 11) is 0. The Morgan fingerprint density at radius 2 is 1.78 bits per heavy atom. The largest absolute Gasteiger partial charge is 0.349 e. The summed E-state index contributed by atoms with van der Waals surface area (Å²) in [5, 5.41) is 3.89. The molecule has 5 rings (SSSR count). The highest BCUT2D eigenvalue weighted by molar-refractivity contribution is 6.09. The third-order valence-corrected chi connectivity index (χ3v) is 7.32. The number of nitrogens with zero attached hydrogens (tertiary/aromatic N) is 3. The molecule has 3 aromatic rings. The number of hydrogen-bond donors (Lipinski definition) is 2. The third kappa shape index (κ3) is 4.44. The molecule has 2 aromatic carbocycles. The molecule has 186 valence electrons. The number of hydrogen-bond acceptors (Lipinski definition) is 5. The van der Waals surface area contributed by atoms with E-state index < -0.39 is 6.04 Å². The number of carbonyl (C=O) groups is 3. The van der Waals surface area contributed by atoms with Crippen LogP contribution in [-0.4, -0.2) is 52.8 Å². The van der Waals surface area contributed by atoms with Crippen molar-refractivity contribution in [2.75, 3.05) is 18.0 Å². The minimum atomic E-state index is -0.488. The van der Waals surface area contributed by atoms with Crippen molar-refractivity contribution in [3.8, 4) is 0 Å². The van der Waals surface area contributed by atoms with Crippen LogP contribution < -0.4 is 16.0 Å². The van der Waals surface area contributed by atoms with Gasteiger partial charge in [-0.3, -0.25) is 19.3 Å². The standard InChI is InChI=1S/C28H31N5O3/c1-17(29)28(36)32-14-12-19(13-15-32)18(2)30-27(35)22-7-5-8-23-21(22)10-11-25(31-23)33-24-9-4-3-6-20(24)16-26(33)34/h3-11,17-19H,12-16,29H2,1-2H3,(H,30,35)/t17-,18?/m0/s1. The second-order valence-electron chi connectivity index (χ2n) is 9.79. The summed E-state index contributed by atoms with van der Waals surface area (Å²) >= 11 is 0. The van der Waals surface area contributed by atoms with Gasteiger partial charge in [0.05, 0.1) is 23.7 Å². The van der Waals surface area contributed by atoms with Crippen LogP contribution in [0.1, 0.15) is 42.6 Å². The summed E-state index contributed by atoms with van der Waals surface area (Å²) in [6.45, 7) is 5.04. The van der Waals surface area contributed by atoms with Crippen molar-refractivity contribution in [1.29, 1.82) is 0 Å². The zero-order chi connectivity index (χ0) is 25.4. The molecule has 0 spiro atoms. The average molecular weight is 486 g/mol. The predicted molar refractivity (Wildman–Crippen MR) is 139 cm³/mol. The highest BCUT2D eigenvalue weighted by atomic mass is 16.2. The lowest BCUT2D eigenvalue weighted by atomic mass is 9.90. The van der Waals surface area contributed by atoms with Crippen molar-refractivity contribution >= 4 is 40.1 Å². The van der Waals surface area contributed by atoms with Gasteiger partial charge in [-0.25, -0.2) is 4.98 Å². The summed E-state index contributed by atoms with van der Waals surface area (Å²) in [6.07, 6.45) is 2.01. The van der Waals surface area contributed by atoms with Crippen LogP contribution in [0.15, 0.2) is 54.6 Å². The van der Waals surface area contributed by atoms with Gasteiger partial charge in [-0.2, -0.15) is 0 Å². The molecular weight excluding hydrogens is 454 g/mol. The fourth-order valence-corrected chi connectivity index (χ4v) is 5.28. The van der Waals surface area contributed by atoms with E-state index in [0.29, 0.717) is 36.4 Å². The van der Waals surface area contributed by atoms with E-state index in [1.807, 2.05) is 54.3 Å². The molecule has 0 bridgehead atoms. The molecule has 2 atom stereocenters. The molecule has 1 fully saturated rings. The summed E-state index contributed by atoms with van der Waals surface area (Å²) in [6, 6.07) is 16.3. The van der Waals surface area contributed by atoms with Crippen LogP contribution in [-0.2, 0) is 16.0 Å². The van der Waals surface area contributed by atoms with Crippen molar-refractivity contribution in [1.82, 2.24) is 15.2 Å². The average Bonchev–Trinajstić information content (AvgIpc) is 3.23. The number of nitrogens with one attached hydrogen (secondary N) is 1. The van der Waals surface area contributed by atoms with Gasteiger partial charge in [-0.1, -0.05) is 24.3 Å². The number of likely N-dealkylation sites (tertiary alicyclic amines) is 1. The molecule has 1 unspecified atom stereocenters. The van der Waals surface area contributed by atoms with Gasteiger partial charge in [0.2, 0.25) is 11.8 Å². The lowest BCUT2D eigenvalue weighted by Crippen LogP contribution is -2.49. The molecule has 8 heteroatoms. The van der Waals surface area contributed by atoms with Gasteiger partial charge in [0, 0.05) is 30.1 Å². The number of carbonyl (C=O) groups excluding carboxylic acids is 3. The maximum atomic E-state index is 13.2. The SMILES string of the molecule is CC(NC(=O)c1cccc2nc(N3C(=O)Cc4ccccc43)ccc12)C1CCN(C(=O)[C@H](C)N)CC1. The van der Waals surface area contributed by atoms with E-state index >= 15 is 0 Å². The van der Waals surface area contributed by atoms with E-state index in [1.54, 1.807) is 24.0 Å². The maximum absolute atomic E-state index is 13.2. The zero-order valence-corrected chi connectivity index (χ0v) is 20.6. The third-order valence-electron chi connectivity index (χ3n) is 7.32. The normalized spacial score (nSPS) is 17.7. The van der Waals surface area contributed by atoms with E-state index in [4.69, 9.17) is 10.7 Å². The Morgan fingerprint density at radius 1 is 1.03 bits per heavy atom. The highest BCUT2D eigenvalue weighted by Crippen LogP contribution is 2.35. The van der Waals surface area contributed by atoms with Crippen LogP contribution in [0.3, 0.4) is 0 Å². The van der Waals surface area contributed by atoms with Crippen LogP contribution in [0.25, 0.3) is 10.9 Å². The Morgan fingerprint density at radius 3 is 2.53 bits per heavy atom. The zero-order valence-electron chi connectivity index (χ0n) is 20.6.